The van der Waals surface area contributed by atoms with Gasteiger partial charge in [0.2, 0.25) is 5.91 Å². The summed E-state index contributed by atoms with van der Waals surface area (Å²) in [6.45, 7) is 0.523. The second-order valence-corrected chi connectivity index (χ2v) is 3.85. The summed E-state index contributed by atoms with van der Waals surface area (Å²) in [6.07, 6.45) is 0.599. The molecule has 1 aromatic carbocycles. The quantitative estimate of drug-likeness (QED) is 0.809. The van der Waals surface area contributed by atoms with E-state index < -0.39 is 6.04 Å². The smallest absolute Gasteiger partial charge is 0.244 e. The maximum Gasteiger partial charge on any atom is 0.244 e. The van der Waals surface area contributed by atoms with Crippen LogP contribution in [0.5, 0.6) is 5.75 Å². The predicted molar refractivity (Wildman–Crippen MR) is 62.7 cm³/mol. The van der Waals surface area contributed by atoms with Gasteiger partial charge >= 0.3 is 0 Å². The van der Waals surface area contributed by atoms with Gasteiger partial charge in [-0.15, -0.1) is 0 Å². The van der Waals surface area contributed by atoms with Crippen molar-refractivity contribution in [2.75, 3.05) is 18.6 Å². The van der Waals surface area contributed by atoms with E-state index >= 15 is 0 Å². The monoisotopic (exact) mass is 231 g/mol. The topological polar surface area (TPSA) is 79.3 Å². The highest BCUT2D eigenvalue weighted by molar-refractivity contribution is 6.01. The van der Waals surface area contributed by atoms with Crippen LogP contribution in [0.3, 0.4) is 0 Å². The zero-order valence-corrected chi connectivity index (χ0v) is 9.51. The summed E-state index contributed by atoms with van der Waals surface area (Å²) in [4.78, 5) is 13.4. The van der Waals surface area contributed by atoms with Crippen molar-refractivity contribution >= 4 is 11.6 Å². The molecule has 5 nitrogen and oxygen atoms in total. The Balaban J connectivity index is 2.51. The fourth-order valence-electron chi connectivity index (χ4n) is 1.98. The van der Waals surface area contributed by atoms with E-state index in [0.29, 0.717) is 30.0 Å². The number of nitrogens with two attached hydrogens (primary N) is 1. The summed E-state index contributed by atoms with van der Waals surface area (Å²) in [6, 6.07) is 6.70. The SMILES string of the molecule is COc1cccc(C#N)c1N1CCC(N)C1=O. The molecule has 1 aromatic rings. The van der Waals surface area contributed by atoms with E-state index in [9.17, 15) is 4.79 Å². The third-order valence-corrected chi connectivity index (χ3v) is 2.86. The summed E-state index contributed by atoms with van der Waals surface area (Å²) in [5, 5.41) is 9.08. The van der Waals surface area contributed by atoms with Crippen LogP contribution in [0.2, 0.25) is 0 Å². The van der Waals surface area contributed by atoms with Gasteiger partial charge in [-0.05, 0) is 18.6 Å². The van der Waals surface area contributed by atoms with E-state index in [0.717, 1.165) is 0 Å². The average molecular weight is 231 g/mol. The number of ether oxygens (including phenoxy) is 1. The predicted octanol–water partition coefficient (Wildman–Crippen LogP) is 0.631. The van der Waals surface area contributed by atoms with Crippen molar-refractivity contribution in [3.05, 3.63) is 23.8 Å². The Labute approximate surface area is 99.4 Å². The van der Waals surface area contributed by atoms with E-state index in [1.807, 2.05) is 0 Å². The fourth-order valence-corrected chi connectivity index (χ4v) is 1.98. The summed E-state index contributed by atoms with van der Waals surface area (Å²) < 4.78 is 5.20. The number of carbonyl (C=O) groups excluding carboxylic acids is 1. The second kappa shape index (κ2) is 4.44. The first-order valence-electron chi connectivity index (χ1n) is 5.33. The van der Waals surface area contributed by atoms with Crippen LogP contribution in [0.1, 0.15) is 12.0 Å². The van der Waals surface area contributed by atoms with Crippen LogP contribution in [0, 0.1) is 11.3 Å². The van der Waals surface area contributed by atoms with E-state index in [-0.39, 0.29) is 5.91 Å². The Kier molecular flexibility index (Phi) is 2.98. The molecule has 0 spiro atoms. The van der Waals surface area contributed by atoms with Gasteiger partial charge in [0.25, 0.3) is 0 Å². The highest BCUT2D eigenvalue weighted by Crippen LogP contribution is 2.34. The molecule has 0 radical (unpaired) electrons. The number of hydrogen-bond donors (Lipinski definition) is 1. The number of hydrogen-bond acceptors (Lipinski definition) is 4. The van der Waals surface area contributed by atoms with Crippen LogP contribution >= 0.6 is 0 Å². The van der Waals surface area contributed by atoms with Gasteiger partial charge in [0, 0.05) is 6.54 Å². The van der Waals surface area contributed by atoms with Crippen LogP contribution in [0.15, 0.2) is 18.2 Å². The molecule has 1 amide bonds. The lowest BCUT2D eigenvalue weighted by atomic mass is 10.1. The molecule has 0 bridgehead atoms. The van der Waals surface area contributed by atoms with E-state index in [4.69, 9.17) is 15.7 Å². The van der Waals surface area contributed by atoms with E-state index in [1.165, 1.54) is 12.0 Å². The van der Waals surface area contributed by atoms with Gasteiger partial charge in [-0.2, -0.15) is 5.26 Å². The first kappa shape index (κ1) is 11.4. The molecule has 1 unspecified atom stereocenters. The number of para-hydroxylation sites is 1. The molecule has 1 atom stereocenters. The Morgan fingerprint density at radius 1 is 1.59 bits per heavy atom. The lowest BCUT2D eigenvalue weighted by Crippen LogP contribution is -2.34. The lowest BCUT2D eigenvalue weighted by molar-refractivity contribution is -0.118. The Morgan fingerprint density at radius 2 is 2.35 bits per heavy atom. The third kappa shape index (κ3) is 1.83. The Hall–Kier alpha value is -2.06. The lowest BCUT2D eigenvalue weighted by Gasteiger charge is -2.20. The van der Waals surface area contributed by atoms with E-state index in [1.54, 1.807) is 18.2 Å². The second-order valence-electron chi connectivity index (χ2n) is 3.85. The van der Waals surface area contributed by atoms with Crippen molar-refractivity contribution in [1.82, 2.24) is 0 Å². The van der Waals surface area contributed by atoms with Crippen LogP contribution in [0.25, 0.3) is 0 Å². The zero-order valence-electron chi connectivity index (χ0n) is 9.51. The molecule has 1 aliphatic heterocycles. The number of anilines is 1. The fraction of sp³-hybridized carbons (Fsp3) is 0.333. The molecule has 2 N–H and O–H groups in total. The number of nitrogens with zero attached hydrogens (tertiary/aromatic N) is 2. The first-order chi connectivity index (χ1) is 8.19. The van der Waals surface area contributed by atoms with Gasteiger partial charge < -0.3 is 15.4 Å². The maximum atomic E-state index is 11.9. The molecule has 1 saturated heterocycles. The van der Waals surface area contributed by atoms with Gasteiger partial charge in [-0.3, -0.25) is 4.79 Å². The van der Waals surface area contributed by atoms with Crippen LogP contribution in [-0.4, -0.2) is 25.6 Å². The molecule has 1 aliphatic rings. The van der Waals surface area contributed by atoms with Crippen molar-refractivity contribution < 1.29 is 9.53 Å². The number of methoxy groups -OCH3 is 1. The van der Waals surface area contributed by atoms with Crippen LogP contribution < -0.4 is 15.4 Å². The molecule has 2 rings (SSSR count). The van der Waals surface area contributed by atoms with E-state index in [2.05, 4.69) is 6.07 Å². The van der Waals surface area contributed by atoms with Gasteiger partial charge in [0.05, 0.1) is 18.7 Å². The van der Waals surface area contributed by atoms with Crippen molar-refractivity contribution in [3.63, 3.8) is 0 Å². The van der Waals surface area contributed by atoms with Crippen LogP contribution in [-0.2, 0) is 4.79 Å². The maximum absolute atomic E-state index is 11.9. The number of amides is 1. The van der Waals surface area contributed by atoms with Gasteiger partial charge in [0.15, 0.2) is 0 Å². The molecule has 1 fully saturated rings. The molecule has 0 aromatic heterocycles. The highest BCUT2D eigenvalue weighted by Gasteiger charge is 2.32. The highest BCUT2D eigenvalue weighted by atomic mass is 16.5. The van der Waals surface area contributed by atoms with Crippen molar-refractivity contribution in [1.29, 1.82) is 5.26 Å². The molecule has 17 heavy (non-hydrogen) atoms. The van der Waals surface area contributed by atoms with Crippen molar-refractivity contribution in [3.8, 4) is 11.8 Å². The van der Waals surface area contributed by atoms with Crippen LogP contribution in [0.4, 0.5) is 5.69 Å². The standard InChI is InChI=1S/C12H13N3O2/c1-17-10-4-2-3-8(7-13)11(10)15-6-5-9(14)12(15)16/h2-4,9H,5-6,14H2,1H3. The molecule has 88 valence electrons. The minimum absolute atomic E-state index is 0.161. The molecule has 5 heteroatoms. The molecule has 0 aliphatic carbocycles. The summed E-state index contributed by atoms with van der Waals surface area (Å²) in [7, 11) is 1.51. The molecular formula is C12H13N3O2. The van der Waals surface area contributed by atoms with Crippen molar-refractivity contribution in [2.45, 2.75) is 12.5 Å². The third-order valence-electron chi connectivity index (χ3n) is 2.86. The summed E-state index contributed by atoms with van der Waals surface area (Å²) in [5.74, 6) is 0.359. The normalized spacial score (nSPS) is 19.2. The molecule has 0 saturated carbocycles. The average Bonchev–Trinajstić information content (AvgIpc) is 2.69. The van der Waals surface area contributed by atoms with Gasteiger partial charge in [-0.1, -0.05) is 6.07 Å². The number of benzene rings is 1. The minimum Gasteiger partial charge on any atom is -0.495 e. The first-order valence-corrected chi connectivity index (χ1v) is 5.33. The largest absolute Gasteiger partial charge is 0.495 e. The summed E-state index contributed by atoms with van der Waals surface area (Å²) in [5.41, 5.74) is 6.62. The Bertz CT molecular complexity index is 493. The molecule has 1 heterocycles. The van der Waals surface area contributed by atoms with Gasteiger partial charge in [0.1, 0.15) is 17.5 Å². The number of carbonyl (C=O) groups is 1. The Morgan fingerprint density at radius 3 is 2.88 bits per heavy atom. The number of nitriles is 1. The molecular weight excluding hydrogens is 218 g/mol. The zero-order chi connectivity index (χ0) is 12.4. The van der Waals surface area contributed by atoms with Gasteiger partial charge in [-0.25, -0.2) is 0 Å². The summed E-state index contributed by atoms with van der Waals surface area (Å²) >= 11 is 0. The minimum atomic E-state index is -0.480. The van der Waals surface area contributed by atoms with Crippen molar-refractivity contribution in [2.24, 2.45) is 5.73 Å². The number of rotatable bonds is 2.